The Morgan fingerprint density at radius 1 is 1.00 bits per heavy atom. The van der Waals surface area contributed by atoms with Gasteiger partial charge in [0.05, 0.1) is 5.56 Å². The molecule has 3 aromatic carbocycles. The number of carboxylic acids is 1. The SMILES string of the molecule is N=C(N)c1cccc(-c2cc(COc3ccc4c(c3)CNC4)cc(C(=O)O)c2)c1. The lowest BCUT2D eigenvalue weighted by Gasteiger charge is -2.11. The Hall–Kier alpha value is -3.64. The van der Waals surface area contributed by atoms with Gasteiger partial charge in [0.15, 0.2) is 0 Å². The number of ether oxygens (including phenoxy) is 1. The van der Waals surface area contributed by atoms with E-state index in [0.717, 1.165) is 35.5 Å². The molecule has 1 heterocycles. The minimum atomic E-state index is -1.00. The number of nitrogens with one attached hydrogen (secondary N) is 2. The quantitative estimate of drug-likeness (QED) is 0.382. The number of hydrogen-bond acceptors (Lipinski definition) is 4. The molecule has 0 saturated carbocycles. The topological polar surface area (TPSA) is 108 Å². The van der Waals surface area contributed by atoms with E-state index < -0.39 is 5.97 Å². The summed E-state index contributed by atoms with van der Waals surface area (Å²) in [5, 5.41) is 20.4. The summed E-state index contributed by atoms with van der Waals surface area (Å²) >= 11 is 0. The lowest BCUT2D eigenvalue weighted by molar-refractivity contribution is 0.0696. The van der Waals surface area contributed by atoms with Crippen LogP contribution in [0.1, 0.15) is 32.6 Å². The van der Waals surface area contributed by atoms with Crippen molar-refractivity contribution in [2.24, 2.45) is 5.73 Å². The van der Waals surface area contributed by atoms with Crippen molar-refractivity contribution >= 4 is 11.8 Å². The molecule has 0 radical (unpaired) electrons. The summed E-state index contributed by atoms with van der Waals surface area (Å²) in [6.07, 6.45) is 0. The largest absolute Gasteiger partial charge is 0.489 e. The third-order valence-electron chi connectivity index (χ3n) is 4.96. The number of hydrogen-bond donors (Lipinski definition) is 4. The van der Waals surface area contributed by atoms with E-state index in [1.54, 1.807) is 30.3 Å². The van der Waals surface area contributed by atoms with E-state index in [1.165, 1.54) is 11.1 Å². The van der Waals surface area contributed by atoms with Crippen LogP contribution in [0.4, 0.5) is 0 Å². The number of aromatic carboxylic acids is 1. The van der Waals surface area contributed by atoms with Gasteiger partial charge in [-0.3, -0.25) is 5.41 Å². The van der Waals surface area contributed by atoms with E-state index in [1.807, 2.05) is 24.3 Å². The highest BCUT2D eigenvalue weighted by atomic mass is 16.5. The first-order valence-corrected chi connectivity index (χ1v) is 9.27. The van der Waals surface area contributed by atoms with E-state index in [9.17, 15) is 9.90 Å². The maximum Gasteiger partial charge on any atom is 0.335 e. The first-order valence-electron chi connectivity index (χ1n) is 9.27. The van der Waals surface area contributed by atoms with Crippen molar-refractivity contribution in [3.8, 4) is 16.9 Å². The molecule has 1 aliphatic heterocycles. The molecule has 0 unspecified atom stereocenters. The number of fused-ring (bicyclic) bond motifs is 1. The third kappa shape index (κ3) is 4.12. The molecule has 6 heteroatoms. The number of carbonyl (C=O) groups is 1. The fraction of sp³-hybridized carbons (Fsp3) is 0.130. The smallest absolute Gasteiger partial charge is 0.335 e. The van der Waals surface area contributed by atoms with E-state index in [0.29, 0.717) is 5.56 Å². The Kier molecular flexibility index (Phi) is 5.01. The number of rotatable bonds is 6. The van der Waals surface area contributed by atoms with Gasteiger partial charge in [-0.2, -0.15) is 0 Å². The van der Waals surface area contributed by atoms with Crippen LogP contribution in [0.2, 0.25) is 0 Å². The van der Waals surface area contributed by atoms with Crippen molar-refractivity contribution in [3.63, 3.8) is 0 Å². The molecule has 146 valence electrons. The van der Waals surface area contributed by atoms with Crippen LogP contribution in [0.5, 0.6) is 5.75 Å². The summed E-state index contributed by atoms with van der Waals surface area (Å²) < 4.78 is 5.93. The number of benzene rings is 3. The molecule has 0 spiro atoms. The molecule has 29 heavy (non-hydrogen) atoms. The highest BCUT2D eigenvalue weighted by Crippen LogP contribution is 2.26. The zero-order valence-electron chi connectivity index (χ0n) is 15.7. The summed E-state index contributed by atoms with van der Waals surface area (Å²) in [6.45, 7) is 1.96. The van der Waals surface area contributed by atoms with Crippen molar-refractivity contribution in [2.75, 3.05) is 0 Å². The fourth-order valence-electron chi connectivity index (χ4n) is 3.46. The Morgan fingerprint density at radius 2 is 1.79 bits per heavy atom. The van der Waals surface area contributed by atoms with Crippen LogP contribution in [0.3, 0.4) is 0 Å². The molecule has 0 amide bonds. The van der Waals surface area contributed by atoms with Gasteiger partial charge in [0.1, 0.15) is 18.2 Å². The Labute approximate surface area is 168 Å². The molecule has 0 fully saturated rings. The summed E-state index contributed by atoms with van der Waals surface area (Å²) in [7, 11) is 0. The highest BCUT2D eigenvalue weighted by Gasteiger charge is 2.12. The van der Waals surface area contributed by atoms with Gasteiger partial charge >= 0.3 is 5.97 Å². The van der Waals surface area contributed by atoms with Crippen LogP contribution in [0.15, 0.2) is 60.7 Å². The predicted octanol–water partition coefficient (Wildman–Crippen LogP) is 3.52. The van der Waals surface area contributed by atoms with Gasteiger partial charge in [-0.25, -0.2) is 4.79 Å². The van der Waals surface area contributed by atoms with E-state index in [-0.39, 0.29) is 18.0 Å². The molecule has 1 aliphatic rings. The van der Waals surface area contributed by atoms with Crippen molar-refractivity contribution < 1.29 is 14.6 Å². The van der Waals surface area contributed by atoms with Crippen LogP contribution in [0.25, 0.3) is 11.1 Å². The van der Waals surface area contributed by atoms with Gasteiger partial charge in [-0.1, -0.05) is 24.3 Å². The van der Waals surface area contributed by atoms with Gasteiger partial charge in [0.25, 0.3) is 0 Å². The van der Waals surface area contributed by atoms with Gasteiger partial charge in [0, 0.05) is 18.7 Å². The Balaban J connectivity index is 1.62. The number of amidine groups is 1. The Bertz CT molecular complexity index is 1110. The molecule has 6 nitrogen and oxygen atoms in total. The second kappa shape index (κ2) is 7.77. The molecule has 0 aliphatic carbocycles. The average Bonchev–Trinajstić information content (AvgIpc) is 3.20. The standard InChI is InChI=1S/C23H21N3O3/c24-22(25)16-3-1-2-15(8-16)18-6-14(7-19(9-18)23(27)28)13-29-21-5-4-17-11-26-12-20(17)10-21/h1-10,26H,11-13H2,(H3,24,25)(H,27,28). The van der Waals surface area contributed by atoms with E-state index >= 15 is 0 Å². The maximum absolute atomic E-state index is 11.6. The lowest BCUT2D eigenvalue weighted by Crippen LogP contribution is -2.10. The number of nitrogen functional groups attached to an aromatic ring is 1. The molecule has 0 saturated heterocycles. The molecule has 3 aromatic rings. The maximum atomic E-state index is 11.6. The van der Waals surface area contributed by atoms with Gasteiger partial charge in [0.2, 0.25) is 0 Å². The van der Waals surface area contributed by atoms with Crippen molar-refractivity contribution in [1.29, 1.82) is 5.41 Å². The number of nitrogens with two attached hydrogens (primary N) is 1. The molecular formula is C23H21N3O3. The summed E-state index contributed by atoms with van der Waals surface area (Å²) in [5.41, 5.74) is 11.2. The van der Waals surface area contributed by atoms with Crippen molar-refractivity contribution in [2.45, 2.75) is 19.7 Å². The molecule has 0 aromatic heterocycles. The van der Waals surface area contributed by atoms with Gasteiger partial charge < -0.3 is 20.9 Å². The molecular weight excluding hydrogens is 366 g/mol. The van der Waals surface area contributed by atoms with Gasteiger partial charge in [-0.15, -0.1) is 0 Å². The summed E-state index contributed by atoms with van der Waals surface area (Å²) in [4.78, 5) is 11.6. The Morgan fingerprint density at radius 3 is 2.59 bits per heavy atom. The summed E-state index contributed by atoms with van der Waals surface area (Å²) in [6, 6.07) is 18.3. The van der Waals surface area contributed by atoms with E-state index in [4.69, 9.17) is 15.9 Å². The van der Waals surface area contributed by atoms with Crippen molar-refractivity contribution in [3.05, 3.63) is 88.5 Å². The lowest BCUT2D eigenvalue weighted by atomic mass is 9.98. The molecule has 4 rings (SSSR count). The first kappa shape index (κ1) is 18.7. The summed E-state index contributed by atoms with van der Waals surface area (Å²) in [5.74, 6) is -0.274. The first-order chi connectivity index (χ1) is 14.0. The zero-order chi connectivity index (χ0) is 20.4. The number of carboxylic acid groups (broad SMARTS) is 1. The van der Waals surface area contributed by atoms with Crippen LogP contribution < -0.4 is 15.8 Å². The minimum absolute atomic E-state index is 0.0316. The van der Waals surface area contributed by atoms with Gasteiger partial charge in [-0.05, 0) is 64.2 Å². The molecule has 0 atom stereocenters. The van der Waals surface area contributed by atoms with Crippen LogP contribution in [-0.4, -0.2) is 16.9 Å². The fourth-order valence-corrected chi connectivity index (χ4v) is 3.46. The van der Waals surface area contributed by atoms with Crippen molar-refractivity contribution in [1.82, 2.24) is 5.32 Å². The van der Waals surface area contributed by atoms with Crippen LogP contribution >= 0.6 is 0 Å². The van der Waals surface area contributed by atoms with Crippen LogP contribution in [0, 0.1) is 5.41 Å². The monoisotopic (exact) mass is 387 g/mol. The predicted molar refractivity (Wildman–Crippen MR) is 111 cm³/mol. The highest BCUT2D eigenvalue weighted by molar-refractivity contribution is 5.96. The van der Waals surface area contributed by atoms with Crippen LogP contribution in [-0.2, 0) is 19.7 Å². The second-order valence-corrected chi connectivity index (χ2v) is 7.04. The molecule has 0 bridgehead atoms. The minimum Gasteiger partial charge on any atom is -0.489 e. The zero-order valence-corrected chi connectivity index (χ0v) is 15.7. The molecule has 5 N–H and O–H groups in total. The average molecular weight is 387 g/mol. The third-order valence-corrected chi connectivity index (χ3v) is 4.96. The normalized spacial score (nSPS) is 12.4. The van der Waals surface area contributed by atoms with E-state index in [2.05, 4.69) is 11.4 Å². The second-order valence-electron chi connectivity index (χ2n) is 7.04.